The average molecular weight is 332 g/mol. The van der Waals surface area contributed by atoms with Crippen LogP contribution in [0.2, 0.25) is 0 Å². The van der Waals surface area contributed by atoms with E-state index in [0.29, 0.717) is 18.4 Å². The standard InChI is InChI=1S/C17H16O3S2/c18-14-6-1-2-7-15(14)20-17(19)13(16-8-4-10-22-16)11-12-5-3-9-21-12/h3-5,8-11,15H,1-2,6-7H2/b13-11+/t15-/m1/s1. The topological polar surface area (TPSA) is 43.4 Å². The third-order valence-corrected chi connectivity index (χ3v) is 5.31. The Labute approximate surface area is 137 Å². The Balaban J connectivity index is 1.83. The van der Waals surface area contributed by atoms with Crippen molar-refractivity contribution in [2.45, 2.75) is 31.8 Å². The quantitative estimate of drug-likeness (QED) is 0.615. The van der Waals surface area contributed by atoms with Crippen LogP contribution in [0.25, 0.3) is 11.6 Å². The SMILES string of the molecule is O=C(O[C@@H]1CCCCC1=O)/C(=C/c1cccs1)c1cccs1. The lowest BCUT2D eigenvalue weighted by Gasteiger charge is -2.21. The molecule has 2 aromatic heterocycles. The maximum atomic E-state index is 12.6. The van der Waals surface area contributed by atoms with Gasteiger partial charge in [0.05, 0.1) is 5.57 Å². The first kappa shape index (κ1) is 15.2. The van der Waals surface area contributed by atoms with Crippen molar-refractivity contribution in [3.05, 3.63) is 44.8 Å². The predicted octanol–water partition coefficient (Wildman–Crippen LogP) is 4.41. The predicted molar refractivity (Wildman–Crippen MR) is 89.9 cm³/mol. The second-order valence-corrected chi connectivity index (χ2v) is 7.08. The average Bonchev–Trinajstić information content (AvgIpc) is 3.20. The fourth-order valence-electron chi connectivity index (χ4n) is 2.45. The van der Waals surface area contributed by atoms with Crippen molar-refractivity contribution < 1.29 is 14.3 Å². The van der Waals surface area contributed by atoms with Crippen molar-refractivity contribution in [1.29, 1.82) is 0 Å². The molecule has 5 heteroatoms. The van der Waals surface area contributed by atoms with E-state index >= 15 is 0 Å². The molecule has 0 bridgehead atoms. The summed E-state index contributed by atoms with van der Waals surface area (Å²) in [5.41, 5.74) is 0.524. The largest absolute Gasteiger partial charge is 0.451 e. The molecule has 1 aliphatic rings. The molecule has 0 N–H and O–H groups in total. The fraction of sp³-hybridized carbons (Fsp3) is 0.294. The highest BCUT2D eigenvalue weighted by Gasteiger charge is 2.27. The number of thiophene rings is 2. The molecule has 114 valence electrons. The molecule has 0 radical (unpaired) electrons. The molecule has 2 heterocycles. The zero-order valence-electron chi connectivity index (χ0n) is 12.0. The summed E-state index contributed by atoms with van der Waals surface area (Å²) in [6, 6.07) is 7.70. The molecule has 0 spiro atoms. The molecule has 0 aromatic carbocycles. The van der Waals surface area contributed by atoms with Crippen LogP contribution in [0, 0.1) is 0 Å². The van der Waals surface area contributed by atoms with Crippen LogP contribution < -0.4 is 0 Å². The van der Waals surface area contributed by atoms with Gasteiger partial charge in [0.25, 0.3) is 0 Å². The van der Waals surface area contributed by atoms with Crippen LogP contribution in [-0.2, 0) is 14.3 Å². The summed E-state index contributed by atoms with van der Waals surface area (Å²) < 4.78 is 5.49. The van der Waals surface area contributed by atoms with Gasteiger partial charge in [0.2, 0.25) is 0 Å². The van der Waals surface area contributed by atoms with Gasteiger partial charge in [-0.2, -0.15) is 0 Å². The Hall–Kier alpha value is -1.72. The number of hydrogen-bond acceptors (Lipinski definition) is 5. The van der Waals surface area contributed by atoms with Gasteiger partial charge in [0.1, 0.15) is 0 Å². The van der Waals surface area contributed by atoms with Crippen molar-refractivity contribution in [2.24, 2.45) is 0 Å². The Bertz CT molecular complexity index is 669. The van der Waals surface area contributed by atoms with E-state index in [1.807, 2.05) is 41.1 Å². The lowest BCUT2D eigenvalue weighted by atomic mass is 9.96. The molecular weight excluding hydrogens is 316 g/mol. The normalized spacial score (nSPS) is 19.2. The number of hydrogen-bond donors (Lipinski definition) is 0. The number of rotatable bonds is 4. The lowest BCUT2D eigenvalue weighted by Crippen LogP contribution is -2.30. The van der Waals surface area contributed by atoms with Gasteiger partial charge in [-0.1, -0.05) is 12.1 Å². The summed E-state index contributed by atoms with van der Waals surface area (Å²) in [7, 11) is 0. The first-order valence-electron chi connectivity index (χ1n) is 7.27. The number of carbonyl (C=O) groups is 2. The summed E-state index contributed by atoms with van der Waals surface area (Å²) in [4.78, 5) is 26.3. The van der Waals surface area contributed by atoms with Crippen LogP contribution in [0.4, 0.5) is 0 Å². The van der Waals surface area contributed by atoms with Crippen LogP contribution in [0.5, 0.6) is 0 Å². The Morgan fingerprint density at radius 3 is 2.68 bits per heavy atom. The van der Waals surface area contributed by atoms with Gasteiger partial charge in [-0.05, 0) is 48.2 Å². The molecule has 0 amide bonds. The number of carbonyl (C=O) groups excluding carboxylic acids is 2. The summed E-state index contributed by atoms with van der Waals surface area (Å²) >= 11 is 3.06. The van der Waals surface area contributed by atoms with Crippen molar-refractivity contribution in [3.63, 3.8) is 0 Å². The molecule has 1 aliphatic carbocycles. The smallest absolute Gasteiger partial charge is 0.340 e. The molecule has 2 aromatic rings. The second-order valence-electron chi connectivity index (χ2n) is 5.16. The van der Waals surface area contributed by atoms with E-state index in [-0.39, 0.29) is 5.78 Å². The molecule has 0 unspecified atom stereocenters. The molecular formula is C17H16O3S2. The Morgan fingerprint density at radius 2 is 2.00 bits per heavy atom. The molecule has 1 fully saturated rings. The van der Waals surface area contributed by atoms with Gasteiger partial charge in [-0.25, -0.2) is 4.79 Å². The number of ether oxygens (including phenoxy) is 1. The van der Waals surface area contributed by atoms with E-state index < -0.39 is 12.1 Å². The van der Waals surface area contributed by atoms with E-state index in [1.165, 1.54) is 11.3 Å². The minimum absolute atomic E-state index is 0.0428. The van der Waals surface area contributed by atoms with Gasteiger partial charge < -0.3 is 4.74 Å². The van der Waals surface area contributed by atoms with Gasteiger partial charge in [0, 0.05) is 16.2 Å². The van der Waals surface area contributed by atoms with Crippen molar-refractivity contribution >= 4 is 46.1 Å². The molecule has 3 rings (SSSR count). The summed E-state index contributed by atoms with van der Waals surface area (Å²) in [6.45, 7) is 0. The third kappa shape index (κ3) is 3.54. The highest BCUT2D eigenvalue weighted by atomic mass is 32.1. The lowest BCUT2D eigenvalue weighted by molar-refractivity contribution is -0.151. The number of esters is 1. The first-order chi connectivity index (χ1) is 10.7. The van der Waals surface area contributed by atoms with Crippen molar-refractivity contribution in [2.75, 3.05) is 0 Å². The molecule has 1 saturated carbocycles. The van der Waals surface area contributed by atoms with Crippen LogP contribution in [0.3, 0.4) is 0 Å². The van der Waals surface area contributed by atoms with Gasteiger partial charge in [0.15, 0.2) is 11.9 Å². The van der Waals surface area contributed by atoms with Gasteiger partial charge in [-0.3, -0.25) is 4.79 Å². The van der Waals surface area contributed by atoms with Gasteiger partial charge in [-0.15, -0.1) is 22.7 Å². The van der Waals surface area contributed by atoms with Crippen LogP contribution in [0.15, 0.2) is 35.0 Å². The van der Waals surface area contributed by atoms with Crippen LogP contribution >= 0.6 is 22.7 Å². The third-order valence-electron chi connectivity index (χ3n) is 3.58. The molecule has 0 saturated heterocycles. The van der Waals surface area contributed by atoms with E-state index in [2.05, 4.69) is 0 Å². The fourth-order valence-corrected chi connectivity index (χ4v) is 3.83. The molecule has 0 aliphatic heterocycles. The summed E-state index contributed by atoms with van der Waals surface area (Å²) in [6.07, 6.45) is 4.25. The van der Waals surface area contributed by atoms with Crippen LogP contribution in [-0.4, -0.2) is 17.9 Å². The Kier molecular flexibility index (Phi) is 4.85. The van der Waals surface area contributed by atoms with E-state index in [0.717, 1.165) is 22.6 Å². The zero-order valence-corrected chi connectivity index (χ0v) is 13.6. The van der Waals surface area contributed by atoms with E-state index in [4.69, 9.17) is 4.74 Å². The highest BCUT2D eigenvalue weighted by molar-refractivity contribution is 7.12. The zero-order chi connectivity index (χ0) is 15.4. The maximum absolute atomic E-state index is 12.6. The van der Waals surface area contributed by atoms with E-state index in [9.17, 15) is 9.59 Å². The number of ketones is 1. The van der Waals surface area contributed by atoms with Crippen molar-refractivity contribution in [1.82, 2.24) is 0 Å². The highest BCUT2D eigenvalue weighted by Crippen LogP contribution is 2.27. The molecule has 22 heavy (non-hydrogen) atoms. The molecule has 3 nitrogen and oxygen atoms in total. The second kappa shape index (κ2) is 7.03. The van der Waals surface area contributed by atoms with E-state index in [1.54, 1.807) is 11.3 Å². The van der Waals surface area contributed by atoms with Crippen molar-refractivity contribution in [3.8, 4) is 0 Å². The maximum Gasteiger partial charge on any atom is 0.340 e. The molecule has 1 atom stereocenters. The summed E-state index contributed by atoms with van der Waals surface area (Å²) in [5.74, 6) is -0.364. The minimum atomic E-state index is -0.576. The first-order valence-corrected chi connectivity index (χ1v) is 9.03. The monoisotopic (exact) mass is 332 g/mol. The summed E-state index contributed by atoms with van der Waals surface area (Å²) in [5, 5.41) is 3.89. The van der Waals surface area contributed by atoms with Crippen LogP contribution in [0.1, 0.15) is 35.4 Å². The Morgan fingerprint density at radius 1 is 1.18 bits per heavy atom. The minimum Gasteiger partial charge on any atom is -0.451 e. The van der Waals surface area contributed by atoms with Gasteiger partial charge >= 0.3 is 5.97 Å². The number of Topliss-reactive ketones (excluding diaryl/α,β-unsaturated/α-hetero) is 1.